The predicted molar refractivity (Wildman–Crippen MR) is 147 cm³/mol. The minimum atomic E-state index is -0.386. The zero-order valence-corrected chi connectivity index (χ0v) is 23.2. The fourth-order valence-corrected chi connectivity index (χ4v) is 4.01. The molecular formula is C26H31BrClN5O3. The highest BCUT2D eigenvalue weighted by Gasteiger charge is 2.24. The smallest absolute Gasteiger partial charge is 0.322 e. The Kier molecular flexibility index (Phi) is 9.53. The van der Waals surface area contributed by atoms with Crippen LogP contribution in [0.4, 0.5) is 16.3 Å². The number of urea groups is 1. The molecule has 1 heterocycles. The quantitative estimate of drug-likeness (QED) is 0.302. The fourth-order valence-electron chi connectivity index (χ4n) is 3.41. The van der Waals surface area contributed by atoms with Crippen molar-refractivity contribution >= 4 is 51.0 Å². The van der Waals surface area contributed by atoms with Crippen molar-refractivity contribution in [3.05, 3.63) is 69.8 Å². The van der Waals surface area contributed by atoms with E-state index in [0.29, 0.717) is 41.8 Å². The first kappa shape index (κ1) is 27.7. The van der Waals surface area contributed by atoms with Crippen molar-refractivity contribution in [2.75, 3.05) is 37.4 Å². The number of ether oxygens (including phenoxy) is 1. The van der Waals surface area contributed by atoms with E-state index in [1.165, 1.54) is 4.90 Å². The molecule has 0 radical (unpaired) electrons. The van der Waals surface area contributed by atoms with Crippen LogP contribution >= 0.6 is 27.5 Å². The third-order valence-corrected chi connectivity index (χ3v) is 6.35. The molecule has 3 amide bonds. The Labute approximate surface area is 225 Å². The molecule has 1 aromatic heterocycles. The number of rotatable bonds is 9. The third-order valence-electron chi connectivity index (χ3n) is 5.34. The number of anilines is 2. The number of hydrogen-bond donors (Lipinski definition) is 2. The van der Waals surface area contributed by atoms with Crippen molar-refractivity contribution in [1.82, 2.24) is 14.7 Å². The van der Waals surface area contributed by atoms with Gasteiger partial charge in [-0.3, -0.25) is 4.79 Å². The first-order valence-electron chi connectivity index (χ1n) is 11.5. The SMILES string of the molecule is COCCCN(CC(=O)Nc1cc(C(C)(C)C)nn1-c1ccccc1Cl)C(=O)Nc1ccccc1Br. The average molecular weight is 577 g/mol. The largest absolute Gasteiger partial charge is 0.385 e. The lowest BCUT2D eigenvalue weighted by Gasteiger charge is -2.23. The van der Waals surface area contributed by atoms with E-state index in [0.717, 1.165) is 10.2 Å². The van der Waals surface area contributed by atoms with Gasteiger partial charge in [-0.05, 0) is 46.6 Å². The summed E-state index contributed by atoms with van der Waals surface area (Å²) in [6.07, 6.45) is 0.582. The molecule has 3 rings (SSSR count). The number of amides is 3. The summed E-state index contributed by atoms with van der Waals surface area (Å²) in [7, 11) is 1.60. The Balaban J connectivity index is 1.82. The summed E-state index contributed by atoms with van der Waals surface area (Å²) in [5.41, 5.74) is 1.81. The molecule has 0 aliphatic heterocycles. The predicted octanol–water partition coefficient (Wildman–Crippen LogP) is 6.09. The molecule has 10 heteroatoms. The summed E-state index contributed by atoms with van der Waals surface area (Å²) in [4.78, 5) is 27.7. The van der Waals surface area contributed by atoms with Crippen molar-refractivity contribution in [2.45, 2.75) is 32.6 Å². The maximum Gasteiger partial charge on any atom is 0.322 e. The lowest BCUT2D eigenvalue weighted by Crippen LogP contribution is -2.41. The highest BCUT2D eigenvalue weighted by Crippen LogP contribution is 2.29. The maximum absolute atomic E-state index is 13.2. The van der Waals surface area contributed by atoms with Crippen LogP contribution in [0.2, 0.25) is 5.02 Å². The summed E-state index contributed by atoms with van der Waals surface area (Å²) in [5, 5.41) is 11.0. The van der Waals surface area contributed by atoms with E-state index in [4.69, 9.17) is 21.4 Å². The normalized spacial score (nSPS) is 11.3. The van der Waals surface area contributed by atoms with Crippen molar-refractivity contribution < 1.29 is 14.3 Å². The lowest BCUT2D eigenvalue weighted by molar-refractivity contribution is -0.116. The van der Waals surface area contributed by atoms with Gasteiger partial charge >= 0.3 is 6.03 Å². The average Bonchev–Trinajstić information content (AvgIpc) is 3.24. The number of carbonyl (C=O) groups excluding carboxylic acids is 2. The Morgan fingerprint density at radius 2 is 1.81 bits per heavy atom. The van der Waals surface area contributed by atoms with Crippen LogP contribution in [0.25, 0.3) is 5.69 Å². The van der Waals surface area contributed by atoms with Crippen molar-refractivity contribution in [3.63, 3.8) is 0 Å². The molecule has 0 saturated carbocycles. The molecule has 2 aromatic carbocycles. The van der Waals surface area contributed by atoms with Crippen molar-refractivity contribution in [1.29, 1.82) is 0 Å². The molecule has 0 aliphatic rings. The van der Waals surface area contributed by atoms with Gasteiger partial charge in [-0.1, -0.05) is 56.6 Å². The van der Waals surface area contributed by atoms with Crippen LogP contribution in [0, 0.1) is 0 Å². The minimum absolute atomic E-state index is 0.154. The second-order valence-electron chi connectivity index (χ2n) is 9.25. The summed E-state index contributed by atoms with van der Waals surface area (Å²) >= 11 is 9.86. The van der Waals surface area contributed by atoms with Gasteiger partial charge in [-0.25, -0.2) is 9.48 Å². The number of methoxy groups -OCH3 is 1. The molecule has 2 N–H and O–H groups in total. The summed E-state index contributed by atoms with van der Waals surface area (Å²) in [5.74, 6) is 0.115. The molecule has 3 aromatic rings. The number of nitrogens with one attached hydrogen (secondary N) is 2. The van der Waals surface area contributed by atoms with E-state index in [-0.39, 0.29) is 23.9 Å². The van der Waals surface area contributed by atoms with E-state index < -0.39 is 0 Å². The zero-order chi connectivity index (χ0) is 26.3. The van der Waals surface area contributed by atoms with Gasteiger partial charge in [0.05, 0.1) is 22.1 Å². The summed E-state index contributed by atoms with van der Waals surface area (Å²) < 4.78 is 7.50. The highest BCUT2D eigenvalue weighted by atomic mass is 79.9. The van der Waals surface area contributed by atoms with E-state index in [2.05, 4.69) is 26.6 Å². The van der Waals surface area contributed by atoms with E-state index in [9.17, 15) is 9.59 Å². The van der Waals surface area contributed by atoms with Gasteiger partial charge in [0.15, 0.2) is 0 Å². The number of benzene rings is 2. The van der Waals surface area contributed by atoms with Gasteiger partial charge in [-0.2, -0.15) is 5.10 Å². The Morgan fingerprint density at radius 3 is 2.47 bits per heavy atom. The standard InChI is InChI=1S/C26H31BrClN5O3/c1-26(2,3)22-16-23(33(31-22)21-13-8-6-11-19(21)28)30-24(34)17-32(14-9-15-36-4)25(35)29-20-12-7-5-10-18(20)27/h5-8,10-13,16H,9,14-15,17H2,1-4H3,(H,29,35)(H,30,34). The van der Waals surface area contributed by atoms with Crippen LogP contribution in [0.3, 0.4) is 0 Å². The number of hydrogen-bond acceptors (Lipinski definition) is 4. The van der Waals surface area contributed by atoms with Crippen molar-refractivity contribution in [2.24, 2.45) is 0 Å². The van der Waals surface area contributed by atoms with Crippen LogP contribution in [0.1, 0.15) is 32.9 Å². The topological polar surface area (TPSA) is 88.5 Å². The van der Waals surface area contributed by atoms with Gasteiger partial charge in [0.1, 0.15) is 12.4 Å². The Hall–Kier alpha value is -2.88. The van der Waals surface area contributed by atoms with Gasteiger partial charge in [0.2, 0.25) is 5.91 Å². The molecule has 0 unspecified atom stereocenters. The molecule has 0 saturated heterocycles. The molecule has 0 bridgehead atoms. The Bertz CT molecular complexity index is 1210. The van der Waals surface area contributed by atoms with Gasteiger partial charge in [0, 0.05) is 36.2 Å². The molecule has 0 atom stereocenters. The number of carbonyl (C=O) groups is 2. The molecule has 8 nitrogen and oxygen atoms in total. The van der Waals surface area contributed by atoms with Crippen LogP contribution in [0.15, 0.2) is 59.1 Å². The molecule has 0 aliphatic carbocycles. The molecule has 0 fully saturated rings. The fraction of sp³-hybridized carbons (Fsp3) is 0.346. The van der Waals surface area contributed by atoms with Gasteiger partial charge < -0.3 is 20.3 Å². The van der Waals surface area contributed by atoms with Gasteiger partial charge in [-0.15, -0.1) is 0 Å². The van der Waals surface area contributed by atoms with Crippen LogP contribution in [-0.2, 0) is 14.9 Å². The molecule has 36 heavy (non-hydrogen) atoms. The van der Waals surface area contributed by atoms with Gasteiger partial charge in [0.25, 0.3) is 0 Å². The van der Waals surface area contributed by atoms with Crippen LogP contribution in [-0.4, -0.2) is 53.4 Å². The summed E-state index contributed by atoms with van der Waals surface area (Å²) in [6, 6.07) is 16.0. The monoisotopic (exact) mass is 575 g/mol. The van der Waals surface area contributed by atoms with E-state index >= 15 is 0 Å². The van der Waals surface area contributed by atoms with E-state index in [1.807, 2.05) is 63.2 Å². The van der Waals surface area contributed by atoms with Crippen LogP contribution < -0.4 is 10.6 Å². The molecule has 192 valence electrons. The molecular weight excluding hydrogens is 546 g/mol. The Morgan fingerprint density at radius 1 is 1.11 bits per heavy atom. The van der Waals surface area contributed by atoms with Crippen LogP contribution in [0.5, 0.6) is 0 Å². The second kappa shape index (κ2) is 12.4. The second-order valence-corrected chi connectivity index (χ2v) is 10.5. The number of aromatic nitrogens is 2. The minimum Gasteiger partial charge on any atom is -0.385 e. The molecule has 0 spiro atoms. The highest BCUT2D eigenvalue weighted by molar-refractivity contribution is 9.10. The van der Waals surface area contributed by atoms with Crippen molar-refractivity contribution in [3.8, 4) is 5.69 Å². The number of nitrogens with zero attached hydrogens (tertiary/aromatic N) is 3. The third kappa shape index (κ3) is 7.32. The lowest BCUT2D eigenvalue weighted by atomic mass is 9.92. The van der Waals surface area contributed by atoms with E-state index in [1.54, 1.807) is 23.9 Å². The maximum atomic E-state index is 13.2. The summed E-state index contributed by atoms with van der Waals surface area (Å²) in [6.45, 7) is 6.78. The number of halogens is 2. The first-order valence-corrected chi connectivity index (χ1v) is 12.7. The first-order chi connectivity index (χ1) is 17.1. The number of para-hydroxylation sites is 2. The zero-order valence-electron chi connectivity index (χ0n) is 20.8.